The second-order valence-corrected chi connectivity index (χ2v) is 3.94. The molecule has 0 saturated carbocycles. The van der Waals surface area contributed by atoms with Gasteiger partial charge in [0.1, 0.15) is 5.75 Å². The van der Waals surface area contributed by atoms with Gasteiger partial charge in [0.15, 0.2) is 6.07 Å². The Labute approximate surface area is 116 Å². The third-order valence-electron chi connectivity index (χ3n) is 2.34. The van der Waals surface area contributed by atoms with Crippen LogP contribution in [-0.4, -0.2) is 12.1 Å². The maximum Gasteiger partial charge on any atom is 0.323 e. The van der Waals surface area contributed by atoms with Crippen LogP contribution >= 0.6 is 11.6 Å². The number of rotatable bonds is 4. The smallest absolute Gasteiger partial charge is 0.323 e. The fourth-order valence-corrected chi connectivity index (χ4v) is 1.67. The van der Waals surface area contributed by atoms with E-state index < -0.39 is 0 Å². The van der Waals surface area contributed by atoms with Gasteiger partial charge >= 0.3 is 6.03 Å². The molecule has 2 amide bonds. The van der Waals surface area contributed by atoms with Crippen molar-refractivity contribution in [1.29, 1.82) is 0 Å². The van der Waals surface area contributed by atoms with Crippen molar-refractivity contribution in [3.63, 3.8) is 0 Å². The topological polar surface area (TPSA) is 50.4 Å². The Hall–Kier alpha value is -2.20. The summed E-state index contributed by atoms with van der Waals surface area (Å²) < 4.78 is 5.14. The summed E-state index contributed by atoms with van der Waals surface area (Å²) in [6.07, 6.45) is 0. The highest BCUT2D eigenvalue weighted by Crippen LogP contribution is 2.18. The highest BCUT2D eigenvalue weighted by atomic mass is 35.5. The van der Waals surface area contributed by atoms with Crippen molar-refractivity contribution >= 4 is 29.0 Å². The average Bonchev–Trinajstić information content (AvgIpc) is 2.40. The molecule has 98 valence electrons. The predicted octanol–water partition coefficient (Wildman–Crippen LogP) is 3.91. The van der Waals surface area contributed by atoms with Crippen LogP contribution in [0.1, 0.15) is 0 Å². The summed E-state index contributed by atoms with van der Waals surface area (Å²) in [5.41, 5.74) is 1.37. The van der Waals surface area contributed by atoms with E-state index in [9.17, 15) is 4.79 Å². The fraction of sp³-hybridized carbons (Fsp3) is 0.0714. The molecular weight excluding hydrogens is 264 g/mol. The van der Waals surface area contributed by atoms with E-state index in [0.717, 1.165) is 5.69 Å². The van der Waals surface area contributed by atoms with E-state index in [-0.39, 0.29) is 12.1 Å². The molecule has 0 spiro atoms. The van der Waals surface area contributed by atoms with Gasteiger partial charge in [0.2, 0.25) is 0 Å². The van der Waals surface area contributed by atoms with Gasteiger partial charge in [-0.25, -0.2) is 4.79 Å². The molecule has 0 saturated heterocycles. The van der Waals surface area contributed by atoms with Crippen LogP contribution in [-0.2, 0) is 0 Å². The van der Waals surface area contributed by atoms with Crippen molar-refractivity contribution in [2.75, 3.05) is 16.7 Å². The summed E-state index contributed by atoms with van der Waals surface area (Å²) in [5.74, 6) is 0.604. The molecule has 0 unspecified atom stereocenters. The van der Waals surface area contributed by atoms with Gasteiger partial charge < -0.3 is 15.4 Å². The standard InChI is InChI=1S/C14H13ClN2O2/c15-10-19-13-8-4-7-12(9-13)17-14(18)16-11-5-2-1-3-6-11/h1-9H,10H2,(H2,16,17,18). The van der Waals surface area contributed by atoms with Crippen LogP contribution in [0.4, 0.5) is 16.2 Å². The highest BCUT2D eigenvalue weighted by Gasteiger charge is 2.03. The number of benzene rings is 2. The Bertz CT molecular complexity index is 546. The van der Waals surface area contributed by atoms with Crippen molar-refractivity contribution in [1.82, 2.24) is 0 Å². The monoisotopic (exact) mass is 276 g/mol. The molecule has 5 heteroatoms. The van der Waals surface area contributed by atoms with Gasteiger partial charge in [-0.2, -0.15) is 0 Å². The molecule has 0 fully saturated rings. The SMILES string of the molecule is O=C(Nc1ccccc1)Nc1cccc(OCCl)c1. The minimum atomic E-state index is -0.311. The number of alkyl halides is 1. The van der Waals surface area contributed by atoms with E-state index in [1.807, 2.05) is 30.3 Å². The maximum atomic E-state index is 11.8. The molecule has 0 atom stereocenters. The van der Waals surface area contributed by atoms with Gasteiger partial charge in [-0.1, -0.05) is 35.9 Å². The molecule has 0 aliphatic rings. The summed E-state index contributed by atoms with van der Waals surface area (Å²) in [6, 6.07) is 16.0. The fourth-order valence-electron chi connectivity index (χ4n) is 1.54. The number of amides is 2. The zero-order valence-electron chi connectivity index (χ0n) is 10.1. The van der Waals surface area contributed by atoms with Gasteiger partial charge in [-0.05, 0) is 24.3 Å². The molecule has 2 aromatic carbocycles. The second-order valence-electron chi connectivity index (χ2n) is 3.73. The Morgan fingerprint density at radius 2 is 1.68 bits per heavy atom. The largest absolute Gasteiger partial charge is 0.478 e. The van der Waals surface area contributed by atoms with Crippen LogP contribution in [0.5, 0.6) is 5.75 Å². The van der Waals surface area contributed by atoms with Crippen LogP contribution in [0.2, 0.25) is 0 Å². The van der Waals surface area contributed by atoms with Crippen molar-refractivity contribution in [3.8, 4) is 5.75 Å². The van der Waals surface area contributed by atoms with E-state index in [1.165, 1.54) is 0 Å². The minimum Gasteiger partial charge on any atom is -0.478 e. The number of hydrogen-bond donors (Lipinski definition) is 2. The quantitative estimate of drug-likeness (QED) is 0.832. The lowest BCUT2D eigenvalue weighted by atomic mass is 10.3. The lowest BCUT2D eigenvalue weighted by molar-refractivity contribution is 0.262. The summed E-state index contributed by atoms with van der Waals surface area (Å²) in [4.78, 5) is 11.8. The van der Waals surface area contributed by atoms with E-state index in [2.05, 4.69) is 10.6 Å². The van der Waals surface area contributed by atoms with E-state index in [0.29, 0.717) is 11.4 Å². The Morgan fingerprint density at radius 1 is 1.00 bits per heavy atom. The van der Waals surface area contributed by atoms with Crippen LogP contribution in [0.25, 0.3) is 0 Å². The molecule has 2 rings (SSSR count). The molecule has 19 heavy (non-hydrogen) atoms. The highest BCUT2D eigenvalue weighted by molar-refractivity contribution is 6.17. The molecule has 4 nitrogen and oxygen atoms in total. The first-order valence-corrected chi connectivity index (χ1v) is 6.23. The lowest BCUT2D eigenvalue weighted by Crippen LogP contribution is -2.19. The van der Waals surface area contributed by atoms with E-state index in [1.54, 1.807) is 24.3 Å². The van der Waals surface area contributed by atoms with E-state index >= 15 is 0 Å². The molecular formula is C14H13ClN2O2. The molecule has 0 aliphatic carbocycles. The minimum absolute atomic E-state index is 0.0691. The number of carbonyl (C=O) groups excluding carboxylic acids is 1. The number of carbonyl (C=O) groups is 1. The zero-order chi connectivity index (χ0) is 13.5. The van der Waals surface area contributed by atoms with Crippen molar-refractivity contribution in [2.24, 2.45) is 0 Å². The number of para-hydroxylation sites is 1. The predicted molar refractivity (Wildman–Crippen MR) is 76.9 cm³/mol. The zero-order valence-corrected chi connectivity index (χ0v) is 10.9. The van der Waals surface area contributed by atoms with Crippen molar-refractivity contribution in [2.45, 2.75) is 0 Å². The van der Waals surface area contributed by atoms with Gasteiger partial charge in [0.25, 0.3) is 0 Å². The van der Waals surface area contributed by atoms with Crippen LogP contribution in [0, 0.1) is 0 Å². The first-order valence-electron chi connectivity index (χ1n) is 5.70. The van der Waals surface area contributed by atoms with Gasteiger partial charge in [0.05, 0.1) is 0 Å². The number of anilines is 2. The Balaban J connectivity index is 1.97. The van der Waals surface area contributed by atoms with E-state index in [4.69, 9.17) is 16.3 Å². The molecule has 0 radical (unpaired) electrons. The summed E-state index contributed by atoms with van der Waals surface area (Å²) in [7, 11) is 0. The van der Waals surface area contributed by atoms with Crippen LogP contribution in [0.3, 0.4) is 0 Å². The van der Waals surface area contributed by atoms with Crippen molar-refractivity contribution < 1.29 is 9.53 Å². The molecule has 0 aliphatic heterocycles. The number of urea groups is 1. The van der Waals surface area contributed by atoms with Gasteiger partial charge in [0, 0.05) is 17.4 Å². The first-order chi connectivity index (χ1) is 9.28. The molecule has 2 N–H and O–H groups in total. The average molecular weight is 277 g/mol. The molecule has 0 aromatic heterocycles. The molecule has 0 bridgehead atoms. The van der Waals surface area contributed by atoms with Gasteiger partial charge in [-0.3, -0.25) is 0 Å². The lowest BCUT2D eigenvalue weighted by Gasteiger charge is -2.09. The van der Waals surface area contributed by atoms with Crippen LogP contribution in [0.15, 0.2) is 54.6 Å². The first kappa shape index (κ1) is 13.2. The number of ether oxygens (including phenoxy) is 1. The third-order valence-corrected chi connectivity index (χ3v) is 2.45. The summed E-state index contributed by atoms with van der Waals surface area (Å²) in [5, 5.41) is 5.44. The maximum absolute atomic E-state index is 11.8. The number of halogens is 1. The van der Waals surface area contributed by atoms with Gasteiger partial charge in [-0.15, -0.1) is 0 Å². The van der Waals surface area contributed by atoms with Crippen LogP contribution < -0.4 is 15.4 Å². The second kappa shape index (κ2) is 6.66. The Morgan fingerprint density at radius 3 is 2.42 bits per heavy atom. The normalized spacial score (nSPS) is 9.74. The Kier molecular flexibility index (Phi) is 4.64. The third kappa shape index (κ3) is 4.19. The summed E-state index contributed by atoms with van der Waals surface area (Å²) in [6.45, 7) is 0. The molecule has 0 heterocycles. The number of nitrogens with one attached hydrogen (secondary N) is 2. The van der Waals surface area contributed by atoms with Crippen molar-refractivity contribution in [3.05, 3.63) is 54.6 Å². The molecule has 2 aromatic rings. The summed E-state index contributed by atoms with van der Waals surface area (Å²) >= 11 is 5.48. The number of hydrogen-bond acceptors (Lipinski definition) is 2.